The van der Waals surface area contributed by atoms with Gasteiger partial charge in [0.15, 0.2) is 0 Å². The fraction of sp³-hybridized carbons (Fsp3) is 0.647. The van der Waals surface area contributed by atoms with Crippen LogP contribution < -0.4 is 5.32 Å². The van der Waals surface area contributed by atoms with E-state index in [1.807, 2.05) is 0 Å². The zero-order valence-electron chi connectivity index (χ0n) is 12.2. The van der Waals surface area contributed by atoms with E-state index >= 15 is 0 Å². The summed E-state index contributed by atoms with van der Waals surface area (Å²) in [6.45, 7) is 4.66. The van der Waals surface area contributed by atoms with E-state index in [0.717, 1.165) is 24.9 Å². The molecule has 1 aliphatic carbocycles. The highest BCUT2D eigenvalue weighted by atomic mass is 15.2. The number of nitrogens with one attached hydrogen (secondary N) is 1. The molecular formula is C17H26N2. The fourth-order valence-corrected chi connectivity index (χ4v) is 3.59. The van der Waals surface area contributed by atoms with Crippen LogP contribution >= 0.6 is 0 Å². The largest absolute Gasteiger partial charge is 0.319 e. The van der Waals surface area contributed by atoms with Gasteiger partial charge < -0.3 is 5.32 Å². The maximum absolute atomic E-state index is 3.39. The summed E-state index contributed by atoms with van der Waals surface area (Å²) in [6, 6.07) is 10.9. The molecule has 2 nitrogen and oxygen atoms in total. The fourth-order valence-electron chi connectivity index (χ4n) is 3.59. The van der Waals surface area contributed by atoms with E-state index in [-0.39, 0.29) is 0 Å². The lowest BCUT2D eigenvalue weighted by molar-refractivity contribution is 0.217. The number of aryl methyl sites for hydroxylation is 1. The van der Waals surface area contributed by atoms with Crippen LogP contribution in [0.3, 0.4) is 0 Å². The quantitative estimate of drug-likeness (QED) is 0.873. The summed E-state index contributed by atoms with van der Waals surface area (Å²) in [5, 5.41) is 3.39. The number of hydrogen-bond donors (Lipinski definition) is 1. The molecule has 0 bridgehead atoms. The van der Waals surface area contributed by atoms with Crippen molar-refractivity contribution in [2.45, 2.75) is 44.7 Å². The molecule has 1 aromatic carbocycles. The minimum Gasteiger partial charge on any atom is -0.319 e. The van der Waals surface area contributed by atoms with E-state index in [0.29, 0.717) is 6.04 Å². The molecule has 0 amide bonds. The maximum atomic E-state index is 3.39. The van der Waals surface area contributed by atoms with Crippen molar-refractivity contribution >= 4 is 0 Å². The summed E-state index contributed by atoms with van der Waals surface area (Å²) in [7, 11) is 2.08. The molecule has 2 unspecified atom stereocenters. The van der Waals surface area contributed by atoms with Gasteiger partial charge in [0.1, 0.15) is 0 Å². The number of likely N-dealkylation sites (tertiary alicyclic amines) is 1. The second kappa shape index (κ2) is 5.64. The molecule has 2 atom stereocenters. The molecule has 0 radical (unpaired) electrons. The normalized spacial score (nSPS) is 27.9. The maximum Gasteiger partial charge on any atom is 0.0391 e. The molecule has 0 aromatic heterocycles. The summed E-state index contributed by atoms with van der Waals surface area (Å²) < 4.78 is 0. The van der Waals surface area contributed by atoms with E-state index in [1.54, 1.807) is 0 Å². The number of hydrogen-bond acceptors (Lipinski definition) is 2. The van der Waals surface area contributed by atoms with Crippen LogP contribution in [0.4, 0.5) is 0 Å². The van der Waals surface area contributed by atoms with Gasteiger partial charge in [-0.05, 0) is 62.9 Å². The molecular weight excluding hydrogens is 232 g/mol. The van der Waals surface area contributed by atoms with E-state index < -0.39 is 0 Å². The van der Waals surface area contributed by atoms with Crippen molar-refractivity contribution in [2.75, 3.05) is 20.1 Å². The molecule has 1 N–H and O–H groups in total. The molecule has 104 valence electrons. The van der Waals surface area contributed by atoms with Gasteiger partial charge in [-0.15, -0.1) is 0 Å². The Bertz CT molecular complexity index is 408. The third-order valence-electron chi connectivity index (χ3n) is 4.77. The predicted octanol–water partition coefficient (Wildman–Crippen LogP) is 2.99. The zero-order chi connectivity index (χ0) is 13.2. The first-order chi connectivity index (χ1) is 9.33. The minimum atomic E-state index is 0.644. The Morgan fingerprint density at radius 3 is 2.47 bits per heavy atom. The third kappa shape index (κ3) is 2.70. The highest BCUT2D eigenvalue weighted by molar-refractivity contribution is 5.27. The second-order valence-corrected chi connectivity index (χ2v) is 6.12. The molecule has 1 aliphatic heterocycles. The molecule has 2 aliphatic rings. The topological polar surface area (TPSA) is 15.3 Å². The van der Waals surface area contributed by atoms with Crippen LogP contribution in [0.2, 0.25) is 0 Å². The third-order valence-corrected chi connectivity index (χ3v) is 4.77. The van der Waals surface area contributed by atoms with Gasteiger partial charge in [-0.25, -0.2) is 0 Å². The first kappa shape index (κ1) is 13.1. The summed E-state index contributed by atoms with van der Waals surface area (Å²) in [5.41, 5.74) is 2.98. The van der Waals surface area contributed by atoms with Gasteiger partial charge >= 0.3 is 0 Å². The van der Waals surface area contributed by atoms with Crippen molar-refractivity contribution < 1.29 is 0 Å². The average molecular weight is 258 g/mol. The van der Waals surface area contributed by atoms with E-state index in [4.69, 9.17) is 0 Å². The standard InChI is InChI=1S/C17H26N2/c1-3-13-4-6-14(7-5-13)17-15(12-18-2)10-11-19(17)16-8-9-16/h4-7,15-18H,3,8-12H2,1-2H3. The summed E-state index contributed by atoms with van der Waals surface area (Å²) in [4.78, 5) is 2.77. The summed E-state index contributed by atoms with van der Waals surface area (Å²) >= 11 is 0. The van der Waals surface area contributed by atoms with E-state index in [9.17, 15) is 0 Å². The summed E-state index contributed by atoms with van der Waals surface area (Å²) in [6.07, 6.45) is 5.31. The SMILES string of the molecule is CCc1ccc(C2C(CNC)CCN2C2CC2)cc1. The molecule has 1 saturated heterocycles. The van der Waals surface area contributed by atoms with Crippen molar-refractivity contribution in [1.29, 1.82) is 0 Å². The van der Waals surface area contributed by atoms with Crippen LogP contribution in [-0.4, -0.2) is 31.1 Å². The van der Waals surface area contributed by atoms with Crippen LogP contribution in [0.1, 0.15) is 43.4 Å². The average Bonchev–Trinajstić information content (AvgIpc) is 3.21. The predicted molar refractivity (Wildman–Crippen MR) is 80.3 cm³/mol. The highest BCUT2D eigenvalue weighted by Gasteiger charge is 2.42. The molecule has 1 aromatic rings. The Morgan fingerprint density at radius 1 is 1.16 bits per heavy atom. The van der Waals surface area contributed by atoms with Gasteiger partial charge in [-0.3, -0.25) is 4.90 Å². The van der Waals surface area contributed by atoms with Gasteiger partial charge in [0.25, 0.3) is 0 Å². The number of rotatable bonds is 5. The molecule has 1 saturated carbocycles. The van der Waals surface area contributed by atoms with Crippen LogP contribution in [0, 0.1) is 5.92 Å². The zero-order valence-corrected chi connectivity index (χ0v) is 12.2. The van der Waals surface area contributed by atoms with Crippen molar-refractivity contribution in [3.05, 3.63) is 35.4 Å². The summed E-state index contributed by atoms with van der Waals surface area (Å²) in [5.74, 6) is 0.776. The van der Waals surface area contributed by atoms with Crippen molar-refractivity contribution in [1.82, 2.24) is 10.2 Å². The molecule has 1 heterocycles. The van der Waals surface area contributed by atoms with E-state index in [2.05, 4.69) is 48.5 Å². The Kier molecular flexibility index (Phi) is 3.90. The Labute approximate surface area is 117 Å². The Hall–Kier alpha value is -0.860. The van der Waals surface area contributed by atoms with Crippen LogP contribution in [0.25, 0.3) is 0 Å². The molecule has 3 rings (SSSR count). The van der Waals surface area contributed by atoms with Crippen LogP contribution in [-0.2, 0) is 6.42 Å². The lowest BCUT2D eigenvalue weighted by Gasteiger charge is -2.29. The highest BCUT2D eigenvalue weighted by Crippen LogP contribution is 2.43. The molecule has 2 fully saturated rings. The Balaban J connectivity index is 1.82. The minimum absolute atomic E-state index is 0.644. The molecule has 0 spiro atoms. The molecule has 2 heteroatoms. The van der Waals surface area contributed by atoms with Gasteiger partial charge in [-0.2, -0.15) is 0 Å². The first-order valence-electron chi connectivity index (χ1n) is 7.82. The van der Waals surface area contributed by atoms with Gasteiger partial charge in [0, 0.05) is 12.1 Å². The van der Waals surface area contributed by atoms with E-state index in [1.165, 1.54) is 36.9 Å². The monoisotopic (exact) mass is 258 g/mol. The lowest BCUT2D eigenvalue weighted by Crippen LogP contribution is -2.30. The second-order valence-electron chi connectivity index (χ2n) is 6.12. The van der Waals surface area contributed by atoms with Crippen molar-refractivity contribution in [3.8, 4) is 0 Å². The van der Waals surface area contributed by atoms with Crippen LogP contribution in [0.15, 0.2) is 24.3 Å². The van der Waals surface area contributed by atoms with Gasteiger partial charge in [-0.1, -0.05) is 31.2 Å². The Morgan fingerprint density at radius 2 is 1.89 bits per heavy atom. The number of nitrogens with zero attached hydrogens (tertiary/aromatic N) is 1. The first-order valence-corrected chi connectivity index (χ1v) is 7.82. The van der Waals surface area contributed by atoms with Crippen molar-refractivity contribution in [3.63, 3.8) is 0 Å². The number of benzene rings is 1. The molecule has 19 heavy (non-hydrogen) atoms. The van der Waals surface area contributed by atoms with Gasteiger partial charge in [0.05, 0.1) is 0 Å². The van der Waals surface area contributed by atoms with Crippen LogP contribution in [0.5, 0.6) is 0 Å². The smallest absolute Gasteiger partial charge is 0.0391 e. The lowest BCUT2D eigenvalue weighted by atomic mass is 9.92. The van der Waals surface area contributed by atoms with Gasteiger partial charge in [0.2, 0.25) is 0 Å². The van der Waals surface area contributed by atoms with Crippen molar-refractivity contribution in [2.24, 2.45) is 5.92 Å².